The summed E-state index contributed by atoms with van der Waals surface area (Å²) in [4.78, 5) is 0. The van der Waals surface area contributed by atoms with Gasteiger partial charge in [0, 0.05) is 23.9 Å². The monoisotopic (exact) mass is 349 g/mol. The molecule has 2 aromatic carbocycles. The summed E-state index contributed by atoms with van der Waals surface area (Å²) < 4.78 is 6.15. The summed E-state index contributed by atoms with van der Waals surface area (Å²) in [7, 11) is 1.62. The second-order valence-corrected chi connectivity index (χ2v) is 5.20. The van der Waals surface area contributed by atoms with E-state index < -0.39 is 0 Å². The Hall–Kier alpha value is -2.21. The molecule has 0 heterocycles. The van der Waals surface area contributed by atoms with E-state index in [2.05, 4.69) is 26.4 Å². The SMILES string of the molecule is COc1cc(NCc2ccccc2/C(N)=N/O)ccc1Br. The van der Waals surface area contributed by atoms with Crippen LogP contribution in [-0.4, -0.2) is 18.2 Å². The number of anilines is 1. The molecule has 0 aromatic heterocycles. The number of halogens is 1. The quantitative estimate of drug-likeness (QED) is 0.335. The highest BCUT2D eigenvalue weighted by Crippen LogP contribution is 2.28. The van der Waals surface area contributed by atoms with E-state index in [0.29, 0.717) is 12.1 Å². The number of hydrogen-bond donors (Lipinski definition) is 3. The fourth-order valence-electron chi connectivity index (χ4n) is 1.95. The Labute approximate surface area is 131 Å². The average molecular weight is 350 g/mol. The summed E-state index contributed by atoms with van der Waals surface area (Å²) in [5, 5.41) is 15.2. The third kappa shape index (κ3) is 3.66. The lowest BCUT2D eigenvalue weighted by molar-refractivity contribution is 0.318. The number of nitrogens with zero attached hydrogens (tertiary/aromatic N) is 1. The fourth-order valence-corrected chi connectivity index (χ4v) is 2.35. The van der Waals surface area contributed by atoms with Crippen molar-refractivity contribution >= 4 is 27.5 Å². The minimum atomic E-state index is 0.0980. The summed E-state index contributed by atoms with van der Waals surface area (Å²) in [5.74, 6) is 0.852. The van der Waals surface area contributed by atoms with Gasteiger partial charge in [0.05, 0.1) is 11.6 Å². The lowest BCUT2D eigenvalue weighted by atomic mass is 10.1. The molecule has 2 aromatic rings. The first kappa shape index (κ1) is 15.2. The minimum absolute atomic E-state index is 0.0980. The first-order valence-electron chi connectivity index (χ1n) is 6.29. The number of nitrogens with one attached hydrogen (secondary N) is 1. The molecule has 110 valence electrons. The van der Waals surface area contributed by atoms with Crippen LogP contribution >= 0.6 is 15.9 Å². The third-order valence-corrected chi connectivity index (χ3v) is 3.69. The Morgan fingerprint density at radius 1 is 1.33 bits per heavy atom. The number of oxime groups is 1. The molecule has 0 aliphatic carbocycles. The summed E-state index contributed by atoms with van der Waals surface area (Å²) in [5.41, 5.74) is 8.24. The average Bonchev–Trinajstić information content (AvgIpc) is 2.53. The van der Waals surface area contributed by atoms with Gasteiger partial charge in [0.15, 0.2) is 5.84 Å². The first-order chi connectivity index (χ1) is 10.2. The number of hydrogen-bond acceptors (Lipinski definition) is 4. The van der Waals surface area contributed by atoms with Gasteiger partial charge in [0.1, 0.15) is 5.75 Å². The Morgan fingerprint density at radius 2 is 2.10 bits per heavy atom. The van der Waals surface area contributed by atoms with Gasteiger partial charge >= 0.3 is 0 Å². The fraction of sp³-hybridized carbons (Fsp3) is 0.133. The van der Waals surface area contributed by atoms with Crippen LogP contribution in [0.3, 0.4) is 0 Å². The Kier molecular flexibility index (Phi) is 5.05. The van der Waals surface area contributed by atoms with E-state index in [0.717, 1.165) is 21.5 Å². The highest BCUT2D eigenvalue weighted by atomic mass is 79.9. The van der Waals surface area contributed by atoms with Crippen LogP contribution in [0.25, 0.3) is 0 Å². The van der Waals surface area contributed by atoms with Crippen molar-refractivity contribution in [3.05, 3.63) is 58.1 Å². The Balaban J connectivity index is 2.17. The van der Waals surface area contributed by atoms with Gasteiger partial charge in [-0.05, 0) is 33.6 Å². The molecule has 21 heavy (non-hydrogen) atoms. The first-order valence-corrected chi connectivity index (χ1v) is 7.08. The predicted octanol–water partition coefficient (Wildman–Crippen LogP) is 3.16. The van der Waals surface area contributed by atoms with Gasteiger partial charge < -0.3 is 21.0 Å². The van der Waals surface area contributed by atoms with Crippen LogP contribution in [0.4, 0.5) is 5.69 Å². The summed E-state index contributed by atoms with van der Waals surface area (Å²) >= 11 is 3.41. The Morgan fingerprint density at radius 3 is 2.81 bits per heavy atom. The lowest BCUT2D eigenvalue weighted by Crippen LogP contribution is -2.16. The summed E-state index contributed by atoms with van der Waals surface area (Å²) in [6.07, 6.45) is 0. The van der Waals surface area contributed by atoms with Gasteiger partial charge in [-0.3, -0.25) is 0 Å². The molecule has 6 heteroatoms. The molecule has 2 rings (SSSR count). The van der Waals surface area contributed by atoms with E-state index in [1.165, 1.54) is 0 Å². The molecule has 0 aliphatic heterocycles. The number of ether oxygens (including phenoxy) is 1. The number of amidine groups is 1. The highest BCUT2D eigenvalue weighted by molar-refractivity contribution is 9.10. The maximum absolute atomic E-state index is 8.82. The molecule has 0 spiro atoms. The molecule has 0 aliphatic rings. The second-order valence-electron chi connectivity index (χ2n) is 4.35. The van der Waals surface area contributed by atoms with Gasteiger partial charge in [0.25, 0.3) is 0 Å². The smallest absolute Gasteiger partial charge is 0.170 e. The second kappa shape index (κ2) is 6.99. The van der Waals surface area contributed by atoms with Crippen LogP contribution in [-0.2, 0) is 6.54 Å². The highest BCUT2D eigenvalue weighted by Gasteiger charge is 2.07. The van der Waals surface area contributed by atoms with Crippen molar-refractivity contribution in [1.82, 2.24) is 0 Å². The van der Waals surface area contributed by atoms with E-state index >= 15 is 0 Å². The molecule has 0 atom stereocenters. The van der Waals surface area contributed by atoms with Crippen LogP contribution in [0.2, 0.25) is 0 Å². The summed E-state index contributed by atoms with van der Waals surface area (Å²) in [6.45, 7) is 0.553. The zero-order chi connectivity index (χ0) is 15.2. The number of nitrogens with two attached hydrogens (primary N) is 1. The van der Waals surface area contributed by atoms with Gasteiger partial charge in [-0.15, -0.1) is 0 Å². The topological polar surface area (TPSA) is 79.9 Å². The molecular weight excluding hydrogens is 334 g/mol. The zero-order valence-electron chi connectivity index (χ0n) is 11.5. The Bertz CT molecular complexity index is 659. The molecule has 0 saturated carbocycles. The molecule has 5 nitrogen and oxygen atoms in total. The van der Waals surface area contributed by atoms with E-state index in [-0.39, 0.29) is 5.84 Å². The van der Waals surface area contributed by atoms with Crippen molar-refractivity contribution < 1.29 is 9.94 Å². The largest absolute Gasteiger partial charge is 0.495 e. The van der Waals surface area contributed by atoms with Gasteiger partial charge in [-0.25, -0.2) is 0 Å². The van der Waals surface area contributed by atoms with E-state index in [1.807, 2.05) is 42.5 Å². The molecule has 4 N–H and O–H groups in total. The normalized spacial score (nSPS) is 11.2. The van der Waals surface area contributed by atoms with Gasteiger partial charge in [-0.2, -0.15) is 0 Å². The molecule has 0 fully saturated rings. The number of rotatable bonds is 5. The molecule has 0 bridgehead atoms. The minimum Gasteiger partial charge on any atom is -0.495 e. The molecule has 0 radical (unpaired) electrons. The number of methoxy groups -OCH3 is 1. The van der Waals surface area contributed by atoms with E-state index in [4.69, 9.17) is 15.7 Å². The van der Waals surface area contributed by atoms with Crippen LogP contribution < -0.4 is 15.8 Å². The van der Waals surface area contributed by atoms with Crippen LogP contribution in [0.15, 0.2) is 52.1 Å². The number of benzene rings is 2. The van der Waals surface area contributed by atoms with Crippen molar-refractivity contribution in [3.8, 4) is 5.75 Å². The zero-order valence-corrected chi connectivity index (χ0v) is 13.1. The van der Waals surface area contributed by atoms with Crippen molar-refractivity contribution in [3.63, 3.8) is 0 Å². The maximum atomic E-state index is 8.82. The molecule has 0 saturated heterocycles. The van der Waals surface area contributed by atoms with Gasteiger partial charge in [0.2, 0.25) is 0 Å². The van der Waals surface area contributed by atoms with Crippen LogP contribution in [0.5, 0.6) is 5.75 Å². The van der Waals surface area contributed by atoms with Crippen LogP contribution in [0.1, 0.15) is 11.1 Å². The molecule has 0 amide bonds. The predicted molar refractivity (Wildman–Crippen MR) is 87.0 cm³/mol. The van der Waals surface area contributed by atoms with E-state index in [9.17, 15) is 0 Å². The summed E-state index contributed by atoms with van der Waals surface area (Å²) in [6, 6.07) is 13.3. The van der Waals surface area contributed by atoms with Crippen LogP contribution in [0, 0.1) is 0 Å². The molecule has 0 unspecified atom stereocenters. The lowest BCUT2D eigenvalue weighted by Gasteiger charge is -2.12. The van der Waals surface area contributed by atoms with Gasteiger partial charge in [-0.1, -0.05) is 29.4 Å². The maximum Gasteiger partial charge on any atom is 0.170 e. The van der Waals surface area contributed by atoms with E-state index in [1.54, 1.807) is 7.11 Å². The standard InChI is InChI=1S/C15H16BrN3O2/c1-21-14-8-11(6-7-13(14)16)18-9-10-4-2-3-5-12(10)15(17)19-20/h2-8,18,20H,9H2,1H3,(H2,17,19). The van der Waals surface area contributed by atoms with Crippen molar-refractivity contribution in [1.29, 1.82) is 0 Å². The van der Waals surface area contributed by atoms with Crippen molar-refractivity contribution in [2.45, 2.75) is 6.54 Å². The molecular formula is C15H16BrN3O2. The third-order valence-electron chi connectivity index (χ3n) is 3.04. The van der Waals surface area contributed by atoms with Crippen molar-refractivity contribution in [2.24, 2.45) is 10.9 Å². The van der Waals surface area contributed by atoms with Crippen molar-refractivity contribution in [2.75, 3.05) is 12.4 Å².